The summed E-state index contributed by atoms with van der Waals surface area (Å²) < 4.78 is 7.17. The van der Waals surface area contributed by atoms with Crippen LogP contribution >= 0.6 is 0 Å². The maximum atomic E-state index is 13.0. The van der Waals surface area contributed by atoms with Crippen LogP contribution in [0.25, 0.3) is 16.5 Å². The highest BCUT2D eigenvalue weighted by molar-refractivity contribution is 5.99. The van der Waals surface area contributed by atoms with Crippen molar-refractivity contribution in [1.29, 1.82) is 0 Å². The number of carbonyl (C=O) groups is 1. The number of rotatable bonds is 7. The standard InChI is InChI=1S/C30H35N5O3/c1-30(2,3)24-8-7-23(17-26(24)33-27(36)20-34-13-15-38-16-14-34)35-19-22-5-4-6-25(28(22)29(35)37)32-18-21-9-11-31-12-10-21/h4-12,17,19,32,37H,13-16,18,20H2,1-3H3,(H,33,36). The van der Waals surface area contributed by atoms with Gasteiger partial charge in [0.05, 0.1) is 30.8 Å². The molecule has 198 valence electrons. The zero-order valence-electron chi connectivity index (χ0n) is 22.2. The van der Waals surface area contributed by atoms with Crippen molar-refractivity contribution in [3.8, 4) is 11.6 Å². The fourth-order valence-electron chi connectivity index (χ4n) is 4.88. The molecule has 0 radical (unpaired) electrons. The lowest BCUT2D eigenvalue weighted by Gasteiger charge is -2.27. The lowest BCUT2D eigenvalue weighted by molar-refractivity contribution is -0.118. The number of hydrogen-bond acceptors (Lipinski definition) is 6. The van der Waals surface area contributed by atoms with E-state index >= 15 is 0 Å². The van der Waals surface area contributed by atoms with Gasteiger partial charge in [-0.1, -0.05) is 39.0 Å². The van der Waals surface area contributed by atoms with E-state index in [1.807, 2.05) is 54.7 Å². The number of ether oxygens (including phenoxy) is 1. The number of aromatic hydroxyl groups is 1. The minimum atomic E-state index is -0.173. The molecule has 5 rings (SSSR count). The van der Waals surface area contributed by atoms with Gasteiger partial charge in [0.15, 0.2) is 0 Å². The Hall–Kier alpha value is -3.88. The summed E-state index contributed by atoms with van der Waals surface area (Å²) in [6, 6.07) is 15.8. The highest BCUT2D eigenvalue weighted by Gasteiger charge is 2.22. The van der Waals surface area contributed by atoms with Gasteiger partial charge >= 0.3 is 0 Å². The number of nitrogens with one attached hydrogen (secondary N) is 2. The molecule has 1 aliphatic heterocycles. The van der Waals surface area contributed by atoms with Gasteiger partial charge in [0.1, 0.15) is 0 Å². The molecule has 3 heterocycles. The van der Waals surface area contributed by atoms with Crippen molar-refractivity contribution < 1.29 is 14.6 Å². The Morgan fingerprint density at radius 1 is 1.05 bits per heavy atom. The maximum absolute atomic E-state index is 13.0. The summed E-state index contributed by atoms with van der Waals surface area (Å²) in [6.07, 6.45) is 5.46. The molecule has 4 aromatic rings. The van der Waals surface area contributed by atoms with Gasteiger partial charge in [-0.2, -0.15) is 0 Å². The summed E-state index contributed by atoms with van der Waals surface area (Å²) in [6.45, 7) is 10.1. The van der Waals surface area contributed by atoms with Gasteiger partial charge in [0.25, 0.3) is 0 Å². The Kier molecular flexibility index (Phi) is 7.35. The third kappa shape index (κ3) is 5.66. The number of benzene rings is 2. The molecule has 1 amide bonds. The van der Waals surface area contributed by atoms with Crippen molar-refractivity contribution in [2.45, 2.75) is 32.7 Å². The molecule has 3 N–H and O–H groups in total. The van der Waals surface area contributed by atoms with Crippen LogP contribution < -0.4 is 10.6 Å². The largest absolute Gasteiger partial charge is 0.494 e. The smallest absolute Gasteiger partial charge is 0.238 e. The molecular formula is C30H35N5O3. The number of anilines is 2. The Labute approximate surface area is 223 Å². The van der Waals surface area contributed by atoms with Crippen molar-refractivity contribution in [3.63, 3.8) is 0 Å². The Morgan fingerprint density at radius 2 is 1.82 bits per heavy atom. The normalized spacial score (nSPS) is 14.5. The van der Waals surface area contributed by atoms with Gasteiger partial charge in [0, 0.05) is 55.0 Å². The molecule has 0 unspecified atom stereocenters. The van der Waals surface area contributed by atoms with E-state index in [1.54, 1.807) is 17.0 Å². The highest BCUT2D eigenvalue weighted by Crippen LogP contribution is 2.38. The maximum Gasteiger partial charge on any atom is 0.238 e. The summed E-state index contributed by atoms with van der Waals surface area (Å²) in [5.74, 6) is 0.0889. The van der Waals surface area contributed by atoms with Crippen LogP contribution in [0.4, 0.5) is 11.4 Å². The molecule has 1 saturated heterocycles. The van der Waals surface area contributed by atoms with E-state index in [0.29, 0.717) is 26.3 Å². The first kappa shape index (κ1) is 25.8. The topological polar surface area (TPSA) is 91.7 Å². The third-order valence-electron chi connectivity index (χ3n) is 6.88. The first-order chi connectivity index (χ1) is 18.3. The summed E-state index contributed by atoms with van der Waals surface area (Å²) >= 11 is 0. The van der Waals surface area contributed by atoms with Crippen LogP contribution in [-0.4, -0.2) is 58.3 Å². The monoisotopic (exact) mass is 513 g/mol. The predicted molar refractivity (Wildman–Crippen MR) is 151 cm³/mol. The van der Waals surface area contributed by atoms with Gasteiger partial charge in [-0.3, -0.25) is 19.2 Å². The molecule has 1 aliphatic rings. The van der Waals surface area contributed by atoms with E-state index in [0.717, 1.165) is 52.1 Å². The van der Waals surface area contributed by atoms with E-state index < -0.39 is 0 Å². The molecular weight excluding hydrogens is 478 g/mol. The molecule has 1 fully saturated rings. The summed E-state index contributed by atoms with van der Waals surface area (Å²) in [7, 11) is 0. The van der Waals surface area contributed by atoms with Crippen LogP contribution in [0.1, 0.15) is 31.9 Å². The number of fused-ring (bicyclic) bond motifs is 1. The average Bonchev–Trinajstić information content (AvgIpc) is 3.25. The van der Waals surface area contributed by atoms with Crippen molar-refractivity contribution >= 4 is 28.1 Å². The zero-order chi connectivity index (χ0) is 26.7. The van der Waals surface area contributed by atoms with Gasteiger partial charge in [-0.25, -0.2) is 0 Å². The van der Waals surface area contributed by atoms with Crippen LogP contribution in [0.2, 0.25) is 0 Å². The summed E-state index contributed by atoms with van der Waals surface area (Å²) in [5, 5.41) is 19.6. The second kappa shape index (κ2) is 10.8. The molecule has 0 aliphatic carbocycles. The fourth-order valence-corrected chi connectivity index (χ4v) is 4.88. The Morgan fingerprint density at radius 3 is 2.55 bits per heavy atom. The lowest BCUT2D eigenvalue weighted by atomic mass is 9.85. The Bertz CT molecular complexity index is 1420. The Balaban J connectivity index is 1.45. The van der Waals surface area contributed by atoms with Crippen molar-refractivity contribution in [3.05, 3.63) is 78.2 Å². The number of nitrogens with zero attached hydrogens (tertiary/aromatic N) is 3. The second-order valence-corrected chi connectivity index (χ2v) is 10.7. The lowest BCUT2D eigenvalue weighted by Crippen LogP contribution is -2.41. The zero-order valence-corrected chi connectivity index (χ0v) is 22.2. The number of hydrogen-bond donors (Lipinski definition) is 3. The van der Waals surface area contributed by atoms with Crippen LogP contribution in [0.5, 0.6) is 5.88 Å². The molecule has 0 spiro atoms. The van der Waals surface area contributed by atoms with E-state index in [-0.39, 0.29) is 17.2 Å². The average molecular weight is 514 g/mol. The number of carbonyl (C=O) groups excluding carboxylic acids is 1. The number of amides is 1. The molecule has 0 atom stereocenters. The molecule has 8 heteroatoms. The van der Waals surface area contributed by atoms with Crippen molar-refractivity contribution in [1.82, 2.24) is 14.5 Å². The first-order valence-corrected chi connectivity index (χ1v) is 13.0. The second-order valence-electron chi connectivity index (χ2n) is 10.7. The molecule has 0 bridgehead atoms. The minimum Gasteiger partial charge on any atom is -0.494 e. The first-order valence-electron chi connectivity index (χ1n) is 13.0. The van der Waals surface area contributed by atoms with Crippen LogP contribution in [-0.2, 0) is 21.5 Å². The minimum absolute atomic E-state index is 0.0564. The number of aromatic nitrogens is 2. The van der Waals surface area contributed by atoms with Gasteiger partial charge in [-0.05, 0) is 46.9 Å². The quantitative estimate of drug-likeness (QED) is 0.325. The molecule has 2 aromatic heterocycles. The van der Waals surface area contributed by atoms with Crippen molar-refractivity contribution in [2.75, 3.05) is 43.5 Å². The molecule has 38 heavy (non-hydrogen) atoms. The highest BCUT2D eigenvalue weighted by atomic mass is 16.5. The molecule has 0 saturated carbocycles. The third-order valence-corrected chi connectivity index (χ3v) is 6.88. The SMILES string of the molecule is CC(C)(C)c1ccc(-n2cc3cccc(NCc4ccncc4)c3c2O)cc1NC(=O)CN1CCOCC1. The van der Waals surface area contributed by atoms with E-state index in [4.69, 9.17) is 4.74 Å². The number of pyridine rings is 1. The van der Waals surface area contributed by atoms with Crippen molar-refractivity contribution in [2.24, 2.45) is 0 Å². The van der Waals surface area contributed by atoms with Crippen LogP contribution in [0.3, 0.4) is 0 Å². The van der Waals surface area contributed by atoms with E-state index in [2.05, 4.69) is 41.3 Å². The van der Waals surface area contributed by atoms with Gasteiger partial charge in [0.2, 0.25) is 11.8 Å². The van der Waals surface area contributed by atoms with Gasteiger partial charge < -0.3 is 20.5 Å². The van der Waals surface area contributed by atoms with E-state index in [9.17, 15) is 9.90 Å². The predicted octanol–water partition coefficient (Wildman–Crippen LogP) is 4.91. The van der Waals surface area contributed by atoms with Gasteiger partial charge in [-0.15, -0.1) is 0 Å². The summed E-state index contributed by atoms with van der Waals surface area (Å²) in [4.78, 5) is 19.2. The molecule has 8 nitrogen and oxygen atoms in total. The fraction of sp³-hybridized carbons (Fsp3) is 0.333. The van der Waals surface area contributed by atoms with Crippen LogP contribution in [0.15, 0.2) is 67.1 Å². The van der Waals surface area contributed by atoms with E-state index in [1.165, 1.54) is 0 Å². The van der Waals surface area contributed by atoms with Crippen LogP contribution in [0, 0.1) is 0 Å². The molecule has 2 aromatic carbocycles. The number of morpholine rings is 1. The summed E-state index contributed by atoms with van der Waals surface area (Å²) in [5.41, 5.74) is 4.34.